The van der Waals surface area contributed by atoms with Crippen LogP contribution in [-0.4, -0.2) is 53.4 Å². The maximum absolute atomic E-state index is 13.0. The lowest BCUT2D eigenvalue weighted by Crippen LogP contribution is -2.37. The Kier molecular flexibility index (Phi) is 7.82. The molecule has 186 valence electrons. The maximum Gasteiger partial charge on any atom is 0.242 e. The number of likely N-dealkylation sites (tertiary alicyclic amines) is 1. The summed E-state index contributed by atoms with van der Waals surface area (Å²) in [4.78, 5) is 2.25. The molecule has 1 saturated heterocycles. The fraction of sp³-hybridized carbons (Fsp3) is 0.786. The van der Waals surface area contributed by atoms with Crippen molar-refractivity contribution in [1.82, 2.24) is 4.90 Å². The first-order valence-corrected chi connectivity index (χ1v) is 13.1. The minimum absolute atomic E-state index is 0.318. The Hall–Kier alpha value is -1.04. The topological polar surface area (TPSA) is 43.7 Å². The monoisotopic (exact) mass is 463 g/mol. The summed E-state index contributed by atoms with van der Waals surface area (Å²) in [5, 5.41) is 20.3. The fourth-order valence-corrected chi connectivity index (χ4v) is 7.50. The molecule has 0 amide bonds. The van der Waals surface area contributed by atoms with Crippen molar-refractivity contribution in [3.05, 3.63) is 35.5 Å². The van der Waals surface area contributed by atoms with Crippen molar-refractivity contribution < 1.29 is 19.0 Å². The summed E-state index contributed by atoms with van der Waals surface area (Å²) in [5.41, 5.74) is 3.51. The van der Waals surface area contributed by atoms with Gasteiger partial charge in [-0.2, -0.15) is 0 Å². The molecular formula is C28H43F2NO2. The van der Waals surface area contributed by atoms with E-state index >= 15 is 0 Å². The lowest BCUT2D eigenvalue weighted by atomic mass is 9.61. The van der Waals surface area contributed by atoms with Gasteiger partial charge in [-0.15, -0.1) is 0 Å². The van der Waals surface area contributed by atoms with E-state index in [9.17, 15) is 19.0 Å². The standard InChI is InChI=1S/C28H43F2NO2/c1-18(10-13-31-14-11-22(17-31)27(29)30)23-8-9-24-21(5-4-12-28(23,24)3)7-6-20-15-25(32)19(2)26(33)16-20/h6-7,18,22-27,32-33H,2,4-5,8-17H2,1,3H3/b21-7+/t18?,22-,23+,24-,25+,26+,28+/m0/s1. The van der Waals surface area contributed by atoms with Gasteiger partial charge < -0.3 is 15.1 Å². The van der Waals surface area contributed by atoms with Crippen LogP contribution in [0.5, 0.6) is 0 Å². The molecule has 3 nitrogen and oxygen atoms in total. The second-order valence-electron chi connectivity index (χ2n) is 11.6. The molecule has 3 saturated carbocycles. The first kappa shape index (κ1) is 25.1. The van der Waals surface area contributed by atoms with Gasteiger partial charge in [-0.25, -0.2) is 8.78 Å². The number of aliphatic hydroxyl groups is 2. The average molecular weight is 464 g/mol. The van der Waals surface area contributed by atoms with Crippen molar-refractivity contribution in [2.24, 2.45) is 29.1 Å². The number of hydrogen-bond donors (Lipinski definition) is 2. The van der Waals surface area contributed by atoms with E-state index in [1.165, 1.54) is 25.7 Å². The van der Waals surface area contributed by atoms with E-state index in [0.29, 0.717) is 54.5 Å². The molecule has 0 bridgehead atoms. The van der Waals surface area contributed by atoms with Gasteiger partial charge in [0.15, 0.2) is 0 Å². The number of alkyl halides is 2. The highest BCUT2D eigenvalue weighted by Gasteiger charge is 2.50. The van der Waals surface area contributed by atoms with E-state index in [-0.39, 0.29) is 0 Å². The molecule has 3 aliphatic carbocycles. The Balaban J connectivity index is 1.37. The molecule has 0 aromatic rings. The molecule has 0 spiro atoms. The molecule has 1 heterocycles. The largest absolute Gasteiger partial charge is 0.388 e. The molecule has 0 radical (unpaired) electrons. The molecule has 1 unspecified atom stereocenters. The van der Waals surface area contributed by atoms with Crippen LogP contribution in [0.3, 0.4) is 0 Å². The molecule has 0 aromatic heterocycles. The second-order valence-corrected chi connectivity index (χ2v) is 11.6. The lowest BCUT2D eigenvalue weighted by Gasteiger charge is -2.44. The van der Waals surface area contributed by atoms with Gasteiger partial charge >= 0.3 is 0 Å². The van der Waals surface area contributed by atoms with Gasteiger partial charge in [-0.3, -0.25) is 0 Å². The number of rotatable bonds is 6. The summed E-state index contributed by atoms with van der Waals surface area (Å²) < 4.78 is 26.0. The highest BCUT2D eigenvalue weighted by Crippen LogP contribution is 2.59. The number of hydrogen-bond acceptors (Lipinski definition) is 3. The summed E-state index contributed by atoms with van der Waals surface area (Å²) in [5.74, 6) is 1.48. The quantitative estimate of drug-likeness (QED) is 0.494. The number of nitrogens with zero attached hydrogens (tertiary/aromatic N) is 1. The van der Waals surface area contributed by atoms with Gasteiger partial charge in [0, 0.05) is 12.5 Å². The van der Waals surface area contributed by atoms with Gasteiger partial charge in [0.25, 0.3) is 0 Å². The highest BCUT2D eigenvalue weighted by atomic mass is 19.3. The van der Waals surface area contributed by atoms with Crippen molar-refractivity contribution in [2.75, 3.05) is 19.6 Å². The van der Waals surface area contributed by atoms with Crippen molar-refractivity contribution >= 4 is 0 Å². The average Bonchev–Trinajstić information content (AvgIpc) is 3.39. The van der Waals surface area contributed by atoms with Crippen LogP contribution in [0.15, 0.2) is 35.5 Å². The number of fused-ring (bicyclic) bond motifs is 1. The predicted molar refractivity (Wildman–Crippen MR) is 129 cm³/mol. The second kappa shape index (κ2) is 10.3. The smallest absolute Gasteiger partial charge is 0.242 e. The molecule has 4 rings (SSSR count). The lowest BCUT2D eigenvalue weighted by molar-refractivity contribution is 0.0763. The van der Waals surface area contributed by atoms with Crippen LogP contribution < -0.4 is 0 Å². The van der Waals surface area contributed by atoms with E-state index in [2.05, 4.69) is 37.5 Å². The molecule has 7 atom stereocenters. The van der Waals surface area contributed by atoms with Gasteiger partial charge in [-0.1, -0.05) is 43.7 Å². The minimum Gasteiger partial charge on any atom is -0.388 e. The third kappa shape index (κ3) is 5.31. The van der Waals surface area contributed by atoms with Crippen LogP contribution in [0.25, 0.3) is 0 Å². The van der Waals surface area contributed by atoms with Gasteiger partial charge in [0.2, 0.25) is 6.43 Å². The van der Waals surface area contributed by atoms with Crippen molar-refractivity contribution in [2.45, 2.75) is 90.3 Å². The first-order chi connectivity index (χ1) is 15.7. The summed E-state index contributed by atoms with van der Waals surface area (Å²) in [6.07, 6.45) is 10.0. The van der Waals surface area contributed by atoms with Crippen LogP contribution in [-0.2, 0) is 0 Å². The predicted octanol–water partition coefficient (Wildman–Crippen LogP) is 5.74. The van der Waals surface area contributed by atoms with Crippen LogP contribution >= 0.6 is 0 Å². The molecular weight excluding hydrogens is 420 g/mol. The highest BCUT2D eigenvalue weighted by molar-refractivity contribution is 5.29. The van der Waals surface area contributed by atoms with Crippen molar-refractivity contribution in [3.8, 4) is 0 Å². The van der Waals surface area contributed by atoms with Gasteiger partial charge in [-0.05, 0) is 99.6 Å². The van der Waals surface area contributed by atoms with E-state index in [1.54, 1.807) is 5.57 Å². The van der Waals surface area contributed by atoms with E-state index in [4.69, 9.17) is 0 Å². The molecule has 1 aliphatic heterocycles. The molecule has 2 N–H and O–H groups in total. The van der Waals surface area contributed by atoms with E-state index in [1.807, 2.05) is 0 Å². The zero-order chi connectivity index (χ0) is 23.8. The first-order valence-electron chi connectivity index (χ1n) is 13.1. The van der Waals surface area contributed by atoms with Crippen LogP contribution in [0.4, 0.5) is 8.78 Å². The van der Waals surface area contributed by atoms with Gasteiger partial charge in [0.1, 0.15) is 0 Å². The summed E-state index contributed by atoms with van der Waals surface area (Å²) in [6.45, 7) is 11.0. The normalized spacial score (nSPS) is 40.0. The van der Waals surface area contributed by atoms with Crippen LogP contribution in [0.2, 0.25) is 0 Å². The van der Waals surface area contributed by atoms with Crippen LogP contribution in [0, 0.1) is 29.1 Å². The molecule has 5 heteroatoms. The van der Waals surface area contributed by atoms with E-state index in [0.717, 1.165) is 31.5 Å². The molecule has 0 aromatic carbocycles. The zero-order valence-electron chi connectivity index (χ0n) is 20.5. The fourth-order valence-electron chi connectivity index (χ4n) is 7.50. The number of allylic oxidation sites excluding steroid dienone is 3. The Morgan fingerprint density at radius 2 is 1.88 bits per heavy atom. The third-order valence-corrected chi connectivity index (χ3v) is 9.59. The Morgan fingerprint density at radius 1 is 1.15 bits per heavy atom. The van der Waals surface area contributed by atoms with Crippen LogP contribution in [0.1, 0.15) is 71.6 Å². The number of halogens is 2. The Labute approximate surface area is 198 Å². The third-order valence-electron chi connectivity index (χ3n) is 9.59. The Bertz CT molecular complexity index is 762. The molecule has 4 fully saturated rings. The molecule has 33 heavy (non-hydrogen) atoms. The van der Waals surface area contributed by atoms with Crippen molar-refractivity contribution in [3.63, 3.8) is 0 Å². The summed E-state index contributed by atoms with van der Waals surface area (Å²) >= 11 is 0. The summed E-state index contributed by atoms with van der Waals surface area (Å²) in [7, 11) is 0. The van der Waals surface area contributed by atoms with E-state index < -0.39 is 24.6 Å². The molecule has 4 aliphatic rings. The Morgan fingerprint density at radius 3 is 2.55 bits per heavy atom. The summed E-state index contributed by atoms with van der Waals surface area (Å²) in [6, 6.07) is 0. The SMILES string of the molecule is C=C1[C@H](O)CC(=C/C=C2\CCC[C@]3(C)[C@@H](C(C)CCN4CC[C@H](C(F)F)C4)CC[C@@H]23)C[C@H]1O. The van der Waals surface area contributed by atoms with Crippen molar-refractivity contribution in [1.29, 1.82) is 0 Å². The van der Waals surface area contributed by atoms with Gasteiger partial charge in [0.05, 0.1) is 12.2 Å². The minimum atomic E-state index is -2.18. The zero-order valence-corrected chi connectivity index (χ0v) is 20.5. The number of aliphatic hydroxyl groups excluding tert-OH is 2. The maximum atomic E-state index is 13.0.